The second-order valence-electron chi connectivity index (χ2n) is 3.80. The minimum absolute atomic E-state index is 0.0951. The van der Waals surface area contributed by atoms with E-state index < -0.39 is 0 Å². The molecular weight excluding hydrogens is 196 g/mol. The molecule has 0 saturated carbocycles. The molecule has 0 aliphatic carbocycles. The van der Waals surface area contributed by atoms with Crippen LogP contribution in [0.3, 0.4) is 0 Å². The standard InChI is InChI=1S/C9H18N4O2/c1-13-4-2-3-7(6-13)9(14)15-12-8(11)5-10/h7H,2-6,10H2,1H3,(H2,11,12). The predicted molar refractivity (Wildman–Crippen MR) is 57.0 cm³/mol. The lowest BCUT2D eigenvalue weighted by molar-refractivity contribution is -0.150. The van der Waals surface area contributed by atoms with Gasteiger partial charge in [-0.3, -0.25) is 0 Å². The van der Waals surface area contributed by atoms with Crippen LogP contribution in [0.4, 0.5) is 0 Å². The average molecular weight is 214 g/mol. The van der Waals surface area contributed by atoms with E-state index in [-0.39, 0.29) is 24.3 Å². The van der Waals surface area contributed by atoms with Gasteiger partial charge in [0.25, 0.3) is 0 Å². The van der Waals surface area contributed by atoms with Gasteiger partial charge in [0.2, 0.25) is 0 Å². The van der Waals surface area contributed by atoms with Crippen molar-refractivity contribution >= 4 is 11.8 Å². The molecule has 0 spiro atoms. The Hall–Kier alpha value is -1.14. The van der Waals surface area contributed by atoms with Crippen LogP contribution in [-0.2, 0) is 9.63 Å². The van der Waals surface area contributed by atoms with E-state index in [9.17, 15) is 4.79 Å². The van der Waals surface area contributed by atoms with E-state index >= 15 is 0 Å². The first-order valence-electron chi connectivity index (χ1n) is 5.05. The number of likely N-dealkylation sites (tertiary alicyclic amines) is 1. The quantitative estimate of drug-likeness (QED) is 0.275. The lowest BCUT2D eigenvalue weighted by Crippen LogP contribution is -2.36. The van der Waals surface area contributed by atoms with E-state index in [1.165, 1.54) is 0 Å². The molecule has 0 amide bonds. The maximum Gasteiger partial charge on any atom is 0.339 e. The van der Waals surface area contributed by atoms with Gasteiger partial charge in [-0.05, 0) is 26.4 Å². The summed E-state index contributed by atoms with van der Waals surface area (Å²) in [5.74, 6) is -0.288. The zero-order chi connectivity index (χ0) is 11.3. The van der Waals surface area contributed by atoms with Crippen molar-refractivity contribution in [3.8, 4) is 0 Å². The van der Waals surface area contributed by atoms with Gasteiger partial charge < -0.3 is 21.2 Å². The molecule has 1 heterocycles. The first-order chi connectivity index (χ1) is 7.13. The van der Waals surface area contributed by atoms with Gasteiger partial charge >= 0.3 is 5.97 Å². The van der Waals surface area contributed by atoms with Crippen LogP contribution in [0, 0.1) is 5.92 Å². The van der Waals surface area contributed by atoms with Crippen LogP contribution < -0.4 is 11.5 Å². The average Bonchev–Trinajstić information content (AvgIpc) is 2.25. The van der Waals surface area contributed by atoms with Crippen LogP contribution in [0.25, 0.3) is 0 Å². The van der Waals surface area contributed by atoms with Crippen LogP contribution >= 0.6 is 0 Å². The lowest BCUT2D eigenvalue weighted by Gasteiger charge is -2.27. The molecule has 4 N–H and O–H groups in total. The highest BCUT2D eigenvalue weighted by molar-refractivity contribution is 5.82. The number of carbonyl (C=O) groups excluding carboxylic acids is 1. The van der Waals surface area contributed by atoms with E-state index in [1.54, 1.807) is 0 Å². The van der Waals surface area contributed by atoms with Gasteiger partial charge in [-0.2, -0.15) is 0 Å². The number of rotatable bonds is 3. The topological polar surface area (TPSA) is 93.9 Å². The highest BCUT2D eigenvalue weighted by Gasteiger charge is 2.25. The fourth-order valence-electron chi connectivity index (χ4n) is 1.57. The lowest BCUT2D eigenvalue weighted by atomic mass is 9.99. The summed E-state index contributed by atoms with van der Waals surface area (Å²) in [5, 5.41) is 3.44. The number of piperidine rings is 1. The number of hydrogen-bond donors (Lipinski definition) is 2. The number of nitrogens with zero attached hydrogens (tertiary/aromatic N) is 2. The summed E-state index contributed by atoms with van der Waals surface area (Å²) >= 11 is 0. The molecule has 86 valence electrons. The molecule has 0 aromatic carbocycles. The number of hydrogen-bond acceptors (Lipinski definition) is 5. The first-order valence-corrected chi connectivity index (χ1v) is 5.05. The third kappa shape index (κ3) is 3.85. The summed E-state index contributed by atoms with van der Waals surface area (Å²) in [6, 6.07) is 0. The van der Waals surface area contributed by atoms with Gasteiger partial charge in [0.05, 0.1) is 12.5 Å². The van der Waals surface area contributed by atoms with Crippen LogP contribution in [-0.4, -0.2) is 43.4 Å². The molecule has 1 saturated heterocycles. The number of amidine groups is 1. The fourth-order valence-corrected chi connectivity index (χ4v) is 1.57. The zero-order valence-electron chi connectivity index (χ0n) is 8.98. The Balaban J connectivity index is 2.39. The minimum Gasteiger partial charge on any atom is -0.383 e. The summed E-state index contributed by atoms with van der Waals surface area (Å²) in [6.45, 7) is 1.84. The van der Waals surface area contributed by atoms with E-state index in [2.05, 4.69) is 10.1 Å². The molecule has 0 aromatic heterocycles. The first kappa shape index (κ1) is 11.9. The molecule has 6 nitrogen and oxygen atoms in total. The molecule has 1 atom stereocenters. The van der Waals surface area contributed by atoms with Gasteiger partial charge in [-0.1, -0.05) is 5.16 Å². The van der Waals surface area contributed by atoms with Gasteiger partial charge in [0.15, 0.2) is 5.84 Å². The van der Waals surface area contributed by atoms with E-state index in [0.717, 1.165) is 25.9 Å². The van der Waals surface area contributed by atoms with Crippen molar-refractivity contribution in [2.75, 3.05) is 26.7 Å². The third-order valence-electron chi connectivity index (χ3n) is 2.42. The molecule has 0 bridgehead atoms. The third-order valence-corrected chi connectivity index (χ3v) is 2.42. The molecule has 1 rings (SSSR count). The molecule has 1 unspecified atom stereocenters. The van der Waals surface area contributed by atoms with Crippen LogP contribution in [0.5, 0.6) is 0 Å². The summed E-state index contributed by atoms with van der Waals surface area (Å²) in [4.78, 5) is 18.3. The minimum atomic E-state index is -0.321. The normalized spacial score (nSPS) is 23.9. The fraction of sp³-hybridized carbons (Fsp3) is 0.778. The highest BCUT2D eigenvalue weighted by atomic mass is 16.7. The molecule has 0 aromatic rings. The molecule has 15 heavy (non-hydrogen) atoms. The summed E-state index contributed by atoms with van der Waals surface area (Å²) in [5.41, 5.74) is 10.5. The monoisotopic (exact) mass is 214 g/mol. The Morgan fingerprint density at radius 1 is 1.67 bits per heavy atom. The summed E-state index contributed by atoms with van der Waals surface area (Å²) in [7, 11) is 1.98. The summed E-state index contributed by atoms with van der Waals surface area (Å²) in [6.07, 6.45) is 1.85. The van der Waals surface area contributed by atoms with Crippen molar-refractivity contribution < 1.29 is 9.63 Å². The van der Waals surface area contributed by atoms with E-state index in [1.807, 2.05) is 7.05 Å². The molecular formula is C9H18N4O2. The molecule has 6 heteroatoms. The largest absolute Gasteiger partial charge is 0.383 e. The number of nitrogens with two attached hydrogens (primary N) is 2. The number of carbonyl (C=O) groups is 1. The molecule has 0 radical (unpaired) electrons. The van der Waals surface area contributed by atoms with Gasteiger partial charge in [-0.15, -0.1) is 0 Å². The van der Waals surface area contributed by atoms with E-state index in [4.69, 9.17) is 16.3 Å². The Labute approximate surface area is 89.2 Å². The van der Waals surface area contributed by atoms with E-state index in [0.29, 0.717) is 0 Å². The van der Waals surface area contributed by atoms with Crippen LogP contribution in [0.1, 0.15) is 12.8 Å². The second kappa shape index (κ2) is 5.67. The Bertz CT molecular complexity index is 254. The van der Waals surface area contributed by atoms with Crippen LogP contribution in [0.2, 0.25) is 0 Å². The highest BCUT2D eigenvalue weighted by Crippen LogP contribution is 2.16. The zero-order valence-corrected chi connectivity index (χ0v) is 8.98. The van der Waals surface area contributed by atoms with Crippen molar-refractivity contribution in [3.05, 3.63) is 0 Å². The van der Waals surface area contributed by atoms with Crippen molar-refractivity contribution in [2.45, 2.75) is 12.8 Å². The Morgan fingerprint density at radius 3 is 3.00 bits per heavy atom. The second-order valence-corrected chi connectivity index (χ2v) is 3.80. The smallest absolute Gasteiger partial charge is 0.339 e. The van der Waals surface area contributed by atoms with Crippen molar-refractivity contribution in [1.29, 1.82) is 0 Å². The van der Waals surface area contributed by atoms with Crippen molar-refractivity contribution in [2.24, 2.45) is 22.5 Å². The summed E-state index contributed by atoms with van der Waals surface area (Å²) < 4.78 is 0. The van der Waals surface area contributed by atoms with Gasteiger partial charge in [0.1, 0.15) is 0 Å². The Morgan fingerprint density at radius 2 is 2.40 bits per heavy atom. The number of oxime groups is 1. The van der Waals surface area contributed by atoms with Gasteiger partial charge in [0, 0.05) is 6.54 Å². The molecule has 1 aliphatic heterocycles. The molecule has 1 fully saturated rings. The van der Waals surface area contributed by atoms with Crippen molar-refractivity contribution in [1.82, 2.24) is 4.90 Å². The Kier molecular flexibility index (Phi) is 4.51. The molecule has 1 aliphatic rings. The van der Waals surface area contributed by atoms with Crippen LogP contribution in [0.15, 0.2) is 5.16 Å². The predicted octanol–water partition coefficient (Wildman–Crippen LogP) is -0.898. The SMILES string of the molecule is CN1CCCC(C(=O)O/N=C(/N)CN)C1. The maximum atomic E-state index is 11.5. The maximum absolute atomic E-state index is 11.5. The van der Waals surface area contributed by atoms with Gasteiger partial charge in [-0.25, -0.2) is 4.79 Å². The van der Waals surface area contributed by atoms with Crippen molar-refractivity contribution in [3.63, 3.8) is 0 Å².